The Bertz CT molecular complexity index is 565. The Kier molecular flexibility index (Phi) is 4.58. The van der Waals surface area contributed by atoms with E-state index in [0.717, 1.165) is 38.3 Å². The van der Waals surface area contributed by atoms with Crippen molar-refractivity contribution in [2.45, 2.75) is 12.5 Å². The lowest BCUT2D eigenvalue weighted by Crippen LogP contribution is -2.33. The van der Waals surface area contributed by atoms with Crippen LogP contribution in [0.25, 0.3) is 0 Å². The molecule has 1 aliphatic rings. The molecule has 1 aliphatic heterocycles. The molecule has 21 heavy (non-hydrogen) atoms. The van der Waals surface area contributed by atoms with Crippen LogP contribution in [0.2, 0.25) is 0 Å². The van der Waals surface area contributed by atoms with Crippen LogP contribution in [0.1, 0.15) is 23.7 Å². The molecule has 3 nitrogen and oxygen atoms in total. The van der Waals surface area contributed by atoms with Crippen LogP contribution in [0.5, 0.6) is 0 Å². The molecule has 110 valence electrons. The highest BCUT2D eigenvalue weighted by atomic mass is 19.1. The predicted octanol–water partition coefficient (Wildman–Crippen LogP) is 2.61. The van der Waals surface area contributed by atoms with Crippen LogP contribution in [0.4, 0.5) is 4.39 Å². The third-order valence-electron chi connectivity index (χ3n) is 3.91. The first-order chi connectivity index (χ1) is 10.4. The molecule has 0 bridgehead atoms. The number of pyridine rings is 1. The lowest BCUT2D eigenvalue weighted by atomic mass is 10.0. The highest BCUT2D eigenvalue weighted by Crippen LogP contribution is 2.29. The van der Waals surface area contributed by atoms with Crippen LogP contribution in [-0.4, -0.2) is 36.1 Å². The van der Waals surface area contributed by atoms with Crippen LogP contribution in [0.15, 0.2) is 48.7 Å². The minimum absolute atomic E-state index is 0.118. The molecule has 2 heterocycles. The maximum absolute atomic E-state index is 14.3. The van der Waals surface area contributed by atoms with Gasteiger partial charge in [0.05, 0.1) is 11.7 Å². The average molecular weight is 285 g/mol. The zero-order valence-electron chi connectivity index (χ0n) is 12.0. The molecule has 1 aromatic carbocycles. The first-order valence-electron chi connectivity index (χ1n) is 7.46. The molecule has 3 rings (SSSR count). The summed E-state index contributed by atoms with van der Waals surface area (Å²) in [5.74, 6) is -0.162. The van der Waals surface area contributed by atoms with Gasteiger partial charge in [-0.1, -0.05) is 24.3 Å². The van der Waals surface area contributed by atoms with E-state index in [0.29, 0.717) is 5.56 Å². The first kappa shape index (κ1) is 14.2. The van der Waals surface area contributed by atoms with E-state index in [-0.39, 0.29) is 11.9 Å². The summed E-state index contributed by atoms with van der Waals surface area (Å²) >= 11 is 0. The van der Waals surface area contributed by atoms with Gasteiger partial charge >= 0.3 is 0 Å². The number of aromatic nitrogens is 1. The maximum atomic E-state index is 14.3. The second-order valence-corrected chi connectivity index (χ2v) is 5.32. The van der Waals surface area contributed by atoms with Crippen LogP contribution < -0.4 is 5.32 Å². The third kappa shape index (κ3) is 3.28. The molecule has 0 amide bonds. The summed E-state index contributed by atoms with van der Waals surface area (Å²) in [5, 5.41) is 3.39. The molecule has 4 heteroatoms. The summed E-state index contributed by atoms with van der Waals surface area (Å²) < 4.78 is 14.3. The number of halogens is 1. The molecule has 0 aliphatic carbocycles. The van der Waals surface area contributed by atoms with Crippen molar-refractivity contribution >= 4 is 0 Å². The van der Waals surface area contributed by atoms with Gasteiger partial charge in [-0.15, -0.1) is 0 Å². The summed E-state index contributed by atoms with van der Waals surface area (Å²) in [6, 6.07) is 12.7. The zero-order valence-corrected chi connectivity index (χ0v) is 12.0. The fourth-order valence-corrected chi connectivity index (χ4v) is 2.90. The number of hydrogen-bond acceptors (Lipinski definition) is 3. The monoisotopic (exact) mass is 285 g/mol. The Morgan fingerprint density at radius 2 is 1.90 bits per heavy atom. The number of nitrogens with zero attached hydrogens (tertiary/aromatic N) is 2. The molecule has 1 atom stereocenters. The maximum Gasteiger partial charge on any atom is 0.128 e. The number of nitrogens with one attached hydrogen (secondary N) is 1. The van der Waals surface area contributed by atoms with Crippen molar-refractivity contribution in [1.82, 2.24) is 15.2 Å². The van der Waals surface area contributed by atoms with Gasteiger partial charge in [0.2, 0.25) is 0 Å². The molecule has 1 unspecified atom stereocenters. The van der Waals surface area contributed by atoms with Crippen LogP contribution in [-0.2, 0) is 0 Å². The molecule has 1 aromatic heterocycles. The van der Waals surface area contributed by atoms with Crippen molar-refractivity contribution in [3.8, 4) is 0 Å². The lowest BCUT2D eigenvalue weighted by Gasteiger charge is -2.30. The second-order valence-electron chi connectivity index (χ2n) is 5.32. The zero-order chi connectivity index (χ0) is 14.5. The molecule has 0 saturated carbocycles. The van der Waals surface area contributed by atoms with Crippen molar-refractivity contribution < 1.29 is 4.39 Å². The predicted molar refractivity (Wildman–Crippen MR) is 81.5 cm³/mol. The minimum atomic E-state index is -0.162. The van der Waals surface area contributed by atoms with Gasteiger partial charge in [0.25, 0.3) is 0 Å². The molecule has 2 aromatic rings. The number of hydrogen-bond donors (Lipinski definition) is 1. The molecular weight excluding hydrogens is 265 g/mol. The van der Waals surface area contributed by atoms with E-state index >= 15 is 0 Å². The standard InChI is InChI=1S/C17H20FN3/c18-15-7-2-1-6-14(15)17(16-8-3-4-10-20-16)21-12-5-9-19-11-13-21/h1-4,6-8,10,17,19H,5,9,11-13H2. The second kappa shape index (κ2) is 6.78. The smallest absolute Gasteiger partial charge is 0.128 e. The fraction of sp³-hybridized carbons (Fsp3) is 0.353. The van der Waals surface area contributed by atoms with E-state index < -0.39 is 0 Å². The van der Waals surface area contributed by atoms with Crippen molar-refractivity contribution in [2.75, 3.05) is 26.2 Å². The van der Waals surface area contributed by atoms with Gasteiger partial charge in [0, 0.05) is 31.4 Å². The molecule has 1 saturated heterocycles. The Morgan fingerprint density at radius 1 is 1.05 bits per heavy atom. The van der Waals surface area contributed by atoms with E-state index in [1.807, 2.05) is 30.3 Å². The minimum Gasteiger partial charge on any atom is -0.315 e. The van der Waals surface area contributed by atoms with Crippen molar-refractivity contribution in [1.29, 1.82) is 0 Å². The van der Waals surface area contributed by atoms with Crippen molar-refractivity contribution in [3.05, 3.63) is 65.7 Å². The summed E-state index contributed by atoms with van der Waals surface area (Å²) in [5.41, 5.74) is 1.61. The topological polar surface area (TPSA) is 28.2 Å². The summed E-state index contributed by atoms with van der Waals surface area (Å²) in [7, 11) is 0. The van der Waals surface area contributed by atoms with Crippen LogP contribution >= 0.6 is 0 Å². The Labute approximate surface area is 124 Å². The molecule has 1 fully saturated rings. The van der Waals surface area contributed by atoms with Gasteiger partial charge in [-0.25, -0.2) is 4.39 Å². The van der Waals surface area contributed by atoms with E-state index in [4.69, 9.17) is 0 Å². The average Bonchev–Trinajstić information content (AvgIpc) is 2.80. The van der Waals surface area contributed by atoms with Crippen LogP contribution in [0.3, 0.4) is 0 Å². The highest BCUT2D eigenvalue weighted by Gasteiger charge is 2.26. The largest absolute Gasteiger partial charge is 0.315 e. The van der Waals surface area contributed by atoms with E-state index in [9.17, 15) is 4.39 Å². The van der Waals surface area contributed by atoms with Gasteiger partial charge in [0.15, 0.2) is 0 Å². The number of benzene rings is 1. The quantitative estimate of drug-likeness (QED) is 0.939. The van der Waals surface area contributed by atoms with Gasteiger partial charge in [-0.2, -0.15) is 0 Å². The Morgan fingerprint density at radius 3 is 2.71 bits per heavy atom. The van der Waals surface area contributed by atoms with E-state index in [1.54, 1.807) is 12.3 Å². The van der Waals surface area contributed by atoms with Gasteiger partial charge in [-0.3, -0.25) is 9.88 Å². The SMILES string of the molecule is Fc1ccccc1C(c1ccccn1)N1CCCNCC1. The normalized spacial score (nSPS) is 18.1. The summed E-state index contributed by atoms with van der Waals surface area (Å²) in [6.45, 7) is 3.79. The van der Waals surface area contributed by atoms with Crippen LogP contribution in [0, 0.1) is 5.82 Å². The van der Waals surface area contributed by atoms with E-state index in [2.05, 4.69) is 15.2 Å². The van der Waals surface area contributed by atoms with Gasteiger partial charge < -0.3 is 5.32 Å². The molecule has 1 N–H and O–H groups in total. The lowest BCUT2D eigenvalue weighted by molar-refractivity contribution is 0.233. The number of rotatable bonds is 3. The Hall–Kier alpha value is -1.78. The molecule has 0 radical (unpaired) electrons. The molecule has 0 spiro atoms. The van der Waals surface area contributed by atoms with E-state index in [1.165, 1.54) is 6.07 Å². The highest BCUT2D eigenvalue weighted by molar-refractivity contribution is 5.29. The van der Waals surface area contributed by atoms with Crippen molar-refractivity contribution in [2.24, 2.45) is 0 Å². The first-order valence-corrected chi connectivity index (χ1v) is 7.46. The Balaban J connectivity index is 2.00. The third-order valence-corrected chi connectivity index (χ3v) is 3.91. The van der Waals surface area contributed by atoms with Gasteiger partial charge in [0.1, 0.15) is 5.82 Å². The van der Waals surface area contributed by atoms with Gasteiger partial charge in [-0.05, 0) is 31.2 Å². The molecular formula is C17H20FN3. The fourth-order valence-electron chi connectivity index (χ4n) is 2.90. The summed E-state index contributed by atoms with van der Waals surface area (Å²) in [6.07, 6.45) is 2.84. The van der Waals surface area contributed by atoms with Crippen molar-refractivity contribution in [3.63, 3.8) is 0 Å². The summed E-state index contributed by atoms with van der Waals surface area (Å²) in [4.78, 5) is 6.79.